The fourth-order valence-corrected chi connectivity index (χ4v) is 3.44. The second-order valence-corrected chi connectivity index (χ2v) is 7.19. The number of nitrogens with zero attached hydrogens (tertiary/aromatic N) is 3. The van der Waals surface area contributed by atoms with E-state index in [1.54, 1.807) is 14.0 Å². The summed E-state index contributed by atoms with van der Waals surface area (Å²) in [4.78, 5) is 18.7. The number of amides is 1. The SMILES string of the molecule is COc1ccc(CCN2CCC(N(CCN(C)C)C(C)=O)CC2)cc1. The first-order chi connectivity index (χ1) is 12.0. The van der Waals surface area contributed by atoms with Gasteiger partial charge in [-0.15, -0.1) is 0 Å². The minimum absolute atomic E-state index is 0.207. The Hall–Kier alpha value is -1.59. The Kier molecular flexibility index (Phi) is 7.72. The molecule has 0 bridgehead atoms. The molecular weight excluding hydrogens is 314 g/mol. The average Bonchev–Trinajstić information content (AvgIpc) is 2.61. The lowest BCUT2D eigenvalue weighted by Gasteiger charge is -2.38. The van der Waals surface area contributed by atoms with E-state index in [4.69, 9.17) is 4.74 Å². The molecule has 2 rings (SSSR count). The van der Waals surface area contributed by atoms with Gasteiger partial charge in [0.15, 0.2) is 0 Å². The third kappa shape index (κ3) is 6.33. The van der Waals surface area contributed by atoms with Crippen LogP contribution in [0.4, 0.5) is 0 Å². The van der Waals surface area contributed by atoms with Gasteiger partial charge in [0.05, 0.1) is 7.11 Å². The van der Waals surface area contributed by atoms with Crippen LogP contribution >= 0.6 is 0 Å². The number of carbonyl (C=O) groups excluding carboxylic acids is 1. The van der Waals surface area contributed by atoms with Crippen molar-refractivity contribution in [2.24, 2.45) is 0 Å². The van der Waals surface area contributed by atoms with E-state index in [0.717, 1.165) is 57.7 Å². The van der Waals surface area contributed by atoms with Gasteiger partial charge in [0.25, 0.3) is 0 Å². The Balaban J connectivity index is 1.76. The molecular formula is C20H33N3O2. The smallest absolute Gasteiger partial charge is 0.219 e. The molecule has 1 heterocycles. The van der Waals surface area contributed by atoms with E-state index in [0.29, 0.717) is 6.04 Å². The lowest BCUT2D eigenvalue weighted by molar-refractivity contribution is -0.132. The molecule has 0 N–H and O–H groups in total. The first-order valence-corrected chi connectivity index (χ1v) is 9.27. The summed E-state index contributed by atoms with van der Waals surface area (Å²) in [5, 5.41) is 0. The summed E-state index contributed by atoms with van der Waals surface area (Å²) in [6, 6.07) is 8.73. The number of methoxy groups -OCH3 is 1. The van der Waals surface area contributed by atoms with Gasteiger partial charge >= 0.3 is 0 Å². The maximum absolute atomic E-state index is 12.0. The second kappa shape index (κ2) is 9.78. The molecule has 1 aromatic carbocycles. The van der Waals surface area contributed by atoms with Crippen LogP contribution in [0.3, 0.4) is 0 Å². The normalized spacial score (nSPS) is 16.2. The van der Waals surface area contributed by atoms with E-state index in [2.05, 4.69) is 40.9 Å². The summed E-state index contributed by atoms with van der Waals surface area (Å²) < 4.78 is 5.21. The fraction of sp³-hybridized carbons (Fsp3) is 0.650. The lowest BCUT2D eigenvalue weighted by Crippen LogP contribution is -2.48. The third-order valence-corrected chi connectivity index (χ3v) is 5.07. The van der Waals surface area contributed by atoms with Gasteiger partial charge in [-0.05, 0) is 51.1 Å². The van der Waals surface area contributed by atoms with E-state index < -0.39 is 0 Å². The average molecular weight is 348 g/mol. The fourth-order valence-electron chi connectivity index (χ4n) is 3.44. The summed E-state index contributed by atoms with van der Waals surface area (Å²) in [7, 11) is 5.81. The molecule has 0 radical (unpaired) electrons. The number of likely N-dealkylation sites (N-methyl/N-ethyl adjacent to an activating group) is 1. The molecule has 0 saturated carbocycles. The molecule has 1 saturated heterocycles. The standard InChI is InChI=1S/C20H33N3O2/c1-17(24)23(16-15-21(2)3)19-10-13-22(14-11-19)12-9-18-5-7-20(25-4)8-6-18/h5-8,19H,9-16H2,1-4H3. The first-order valence-electron chi connectivity index (χ1n) is 9.27. The van der Waals surface area contributed by atoms with Gasteiger partial charge in [-0.2, -0.15) is 0 Å². The number of hydrogen-bond acceptors (Lipinski definition) is 4. The Morgan fingerprint density at radius 3 is 2.32 bits per heavy atom. The summed E-state index contributed by atoms with van der Waals surface area (Å²) >= 11 is 0. The summed E-state index contributed by atoms with van der Waals surface area (Å²) in [5.41, 5.74) is 1.35. The van der Waals surface area contributed by atoms with Crippen molar-refractivity contribution in [3.05, 3.63) is 29.8 Å². The van der Waals surface area contributed by atoms with Crippen LogP contribution in [0.15, 0.2) is 24.3 Å². The molecule has 25 heavy (non-hydrogen) atoms. The number of piperidine rings is 1. The highest BCUT2D eigenvalue weighted by Crippen LogP contribution is 2.18. The summed E-state index contributed by atoms with van der Waals surface area (Å²) in [6.45, 7) is 6.69. The minimum atomic E-state index is 0.207. The van der Waals surface area contributed by atoms with Crippen LogP contribution < -0.4 is 4.74 Å². The lowest BCUT2D eigenvalue weighted by atomic mass is 10.0. The Morgan fingerprint density at radius 2 is 1.80 bits per heavy atom. The van der Waals surface area contributed by atoms with Gasteiger partial charge in [0.1, 0.15) is 5.75 Å². The van der Waals surface area contributed by atoms with Gasteiger partial charge in [-0.3, -0.25) is 4.79 Å². The minimum Gasteiger partial charge on any atom is -0.497 e. The molecule has 1 amide bonds. The predicted octanol–water partition coefficient (Wildman–Crippen LogP) is 2.11. The Labute approximate surface area is 152 Å². The van der Waals surface area contributed by atoms with E-state index in [1.165, 1.54) is 5.56 Å². The zero-order valence-corrected chi connectivity index (χ0v) is 16.2. The maximum Gasteiger partial charge on any atom is 0.219 e. The molecule has 0 aromatic heterocycles. The highest BCUT2D eigenvalue weighted by Gasteiger charge is 2.25. The van der Waals surface area contributed by atoms with Crippen LogP contribution in [0.25, 0.3) is 0 Å². The van der Waals surface area contributed by atoms with E-state index >= 15 is 0 Å². The van der Waals surface area contributed by atoms with Gasteiger partial charge in [-0.1, -0.05) is 12.1 Å². The molecule has 5 nitrogen and oxygen atoms in total. The van der Waals surface area contributed by atoms with Crippen molar-refractivity contribution in [2.75, 3.05) is 53.9 Å². The topological polar surface area (TPSA) is 36.0 Å². The van der Waals surface area contributed by atoms with E-state index in [-0.39, 0.29) is 5.91 Å². The van der Waals surface area contributed by atoms with Crippen LogP contribution in [0.5, 0.6) is 5.75 Å². The van der Waals surface area contributed by atoms with E-state index in [1.807, 2.05) is 12.1 Å². The maximum atomic E-state index is 12.0. The second-order valence-electron chi connectivity index (χ2n) is 7.19. The monoisotopic (exact) mass is 347 g/mol. The van der Waals surface area contributed by atoms with Crippen molar-refractivity contribution >= 4 is 5.91 Å². The summed E-state index contributed by atoms with van der Waals surface area (Å²) in [5.74, 6) is 1.12. The molecule has 0 spiro atoms. The zero-order valence-electron chi connectivity index (χ0n) is 16.2. The van der Waals surface area contributed by atoms with Crippen LogP contribution in [0, 0.1) is 0 Å². The van der Waals surface area contributed by atoms with Crippen LogP contribution in [0.2, 0.25) is 0 Å². The third-order valence-electron chi connectivity index (χ3n) is 5.07. The molecule has 1 aliphatic rings. The van der Waals surface area contributed by atoms with Crippen molar-refractivity contribution in [3.8, 4) is 5.75 Å². The van der Waals surface area contributed by atoms with Gasteiger partial charge in [0.2, 0.25) is 5.91 Å². The van der Waals surface area contributed by atoms with E-state index in [9.17, 15) is 4.79 Å². The number of likely N-dealkylation sites (tertiary alicyclic amines) is 1. The zero-order chi connectivity index (χ0) is 18.2. The molecule has 140 valence electrons. The predicted molar refractivity (Wildman–Crippen MR) is 102 cm³/mol. The highest BCUT2D eigenvalue weighted by atomic mass is 16.5. The Bertz CT molecular complexity index is 522. The number of rotatable bonds is 8. The van der Waals surface area contributed by atoms with Crippen LogP contribution in [-0.2, 0) is 11.2 Å². The number of carbonyl (C=O) groups is 1. The van der Waals surface area contributed by atoms with Gasteiger partial charge < -0.3 is 19.4 Å². The van der Waals surface area contributed by atoms with Crippen molar-refractivity contribution in [3.63, 3.8) is 0 Å². The van der Waals surface area contributed by atoms with Crippen molar-refractivity contribution < 1.29 is 9.53 Å². The number of ether oxygens (including phenoxy) is 1. The highest BCUT2D eigenvalue weighted by molar-refractivity contribution is 5.73. The molecule has 0 aliphatic carbocycles. The number of hydrogen-bond donors (Lipinski definition) is 0. The largest absolute Gasteiger partial charge is 0.497 e. The van der Waals surface area contributed by atoms with Crippen LogP contribution in [0.1, 0.15) is 25.3 Å². The van der Waals surface area contributed by atoms with Crippen molar-refractivity contribution in [2.45, 2.75) is 32.2 Å². The molecule has 1 fully saturated rings. The quantitative estimate of drug-likeness (QED) is 0.722. The molecule has 0 atom stereocenters. The molecule has 0 unspecified atom stereocenters. The number of benzene rings is 1. The van der Waals surface area contributed by atoms with Gasteiger partial charge in [-0.25, -0.2) is 0 Å². The molecule has 5 heteroatoms. The molecule has 1 aliphatic heterocycles. The summed E-state index contributed by atoms with van der Waals surface area (Å²) in [6.07, 6.45) is 3.22. The molecule has 1 aromatic rings. The van der Waals surface area contributed by atoms with Crippen molar-refractivity contribution in [1.29, 1.82) is 0 Å². The first kappa shape index (κ1) is 19.7. The van der Waals surface area contributed by atoms with Crippen LogP contribution in [-0.4, -0.2) is 80.6 Å². The van der Waals surface area contributed by atoms with Gasteiger partial charge in [0, 0.05) is 45.7 Å². The van der Waals surface area contributed by atoms with Crippen molar-refractivity contribution in [1.82, 2.24) is 14.7 Å². The Morgan fingerprint density at radius 1 is 1.16 bits per heavy atom.